The van der Waals surface area contributed by atoms with E-state index in [9.17, 15) is 9.18 Å². The van der Waals surface area contributed by atoms with Crippen molar-refractivity contribution in [3.63, 3.8) is 0 Å². The molecule has 2 aliphatic heterocycles. The lowest BCUT2D eigenvalue weighted by atomic mass is 9.98. The molecule has 0 aromatic heterocycles. The van der Waals surface area contributed by atoms with E-state index in [1.165, 1.54) is 24.1 Å². The van der Waals surface area contributed by atoms with E-state index in [1.807, 2.05) is 124 Å². The third kappa shape index (κ3) is 16.8. The molecule has 70 heavy (non-hydrogen) atoms. The Morgan fingerprint density at radius 1 is 0.600 bits per heavy atom. The van der Waals surface area contributed by atoms with Crippen molar-refractivity contribution in [2.24, 2.45) is 0 Å². The van der Waals surface area contributed by atoms with E-state index in [4.69, 9.17) is 37.9 Å². The molecule has 1 N–H and O–H groups in total. The van der Waals surface area contributed by atoms with Crippen LogP contribution < -0.4 is 10.1 Å². The summed E-state index contributed by atoms with van der Waals surface area (Å²) < 4.78 is 79.7. The fourth-order valence-corrected chi connectivity index (χ4v) is 9.11. The quantitative estimate of drug-likeness (QED) is 0.0491. The maximum Gasteiger partial charge on any atom is 0.220 e. The minimum atomic E-state index is -1.09. The molecule has 12 heteroatoms. The molecular formula is C58H71F2NO9. The second-order valence-electron chi connectivity index (χ2n) is 18.8. The summed E-state index contributed by atoms with van der Waals surface area (Å²) in [5, 5.41) is 3.21. The molecule has 2 fully saturated rings. The van der Waals surface area contributed by atoms with Crippen molar-refractivity contribution in [1.29, 1.82) is 0 Å². The molecule has 2 saturated heterocycles. The first-order chi connectivity index (χ1) is 34.1. The predicted molar refractivity (Wildman–Crippen MR) is 265 cm³/mol. The average Bonchev–Trinajstić information content (AvgIpc) is 3.66. The van der Waals surface area contributed by atoms with E-state index in [2.05, 4.69) is 17.4 Å². The molecule has 0 radical (unpaired) electrons. The number of nitrogens with one attached hydrogen (secondary N) is 1. The summed E-state index contributed by atoms with van der Waals surface area (Å²) in [4.78, 5) is 13.7. The zero-order valence-corrected chi connectivity index (χ0v) is 40.9. The standard InChI is InChI=1S/C58H71F2NO9/c1-42-53(70-58(2,3)69-42)50(61-52(62)28-20-9-7-5-4-6-8-13-21-43-29-33-48(34-30-43)67-49-35-31-47(60)32-36-49)41-66-57-56(65-40-46-26-18-12-19-27-46)55(64-39-45-24-16-11-17-25-45)54(51(37-59)68-57)63-38-44-22-14-10-15-23-44/h10-12,14-19,22-27,29-36,42,50-51,53-57H,4-9,13,20-21,28,37-41H2,1-3H3,(H,61,62)/t42-,50+,51?,53-,54-,55?,56?,57+/m1/s1. The van der Waals surface area contributed by atoms with Crippen molar-refractivity contribution in [2.75, 3.05) is 13.3 Å². The molecule has 7 rings (SSSR count). The Kier molecular flexibility index (Phi) is 20.7. The van der Waals surface area contributed by atoms with Crippen LogP contribution in [0.25, 0.3) is 0 Å². The number of rotatable bonds is 28. The number of ether oxygens (including phenoxy) is 8. The van der Waals surface area contributed by atoms with Crippen molar-refractivity contribution in [2.45, 2.75) is 160 Å². The number of hydrogen-bond donors (Lipinski definition) is 1. The van der Waals surface area contributed by atoms with Gasteiger partial charge in [0.25, 0.3) is 0 Å². The minimum Gasteiger partial charge on any atom is -0.457 e. The molecule has 5 aromatic rings. The van der Waals surface area contributed by atoms with Gasteiger partial charge in [0, 0.05) is 6.42 Å². The van der Waals surface area contributed by atoms with Crippen LogP contribution in [-0.2, 0) is 64.2 Å². The number of alkyl halides is 1. The summed E-state index contributed by atoms with van der Waals surface area (Å²) in [6.07, 6.45) is 4.35. The van der Waals surface area contributed by atoms with Gasteiger partial charge in [-0.1, -0.05) is 142 Å². The zero-order chi connectivity index (χ0) is 49.0. The van der Waals surface area contributed by atoms with Gasteiger partial charge in [0.1, 0.15) is 54.5 Å². The first-order valence-electron chi connectivity index (χ1n) is 25.1. The zero-order valence-electron chi connectivity index (χ0n) is 40.9. The molecule has 8 atom stereocenters. The number of aryl methyl sites for hydroxylation is 1. The van der Waals surface area contributed by atoms with Gasteiger partial charge >= 0.3 is 0 Å². The lowest BCUT2D eigenvalue weighted by molar-refractivity contribution is -0.326. The van der Waals surface area contributed by atoms with E-state index in [0.29, 0.717) is 12.2 Å². The maximum atomic E-state index is 15.2. The topological polar surface area (TPSA) is 103 Å². The highest BCUT2D eigenvalue weighted by Crippen LogP contribution is 2.34. The average molecular weight is 964 g/mol. The number of unbranched alkanes of at least 4 members (excludes halogenated alkanes) is 7. The number of hydrogen-bond acceptors (Lipinski definition) is 9. The number of carbonyl (C=O) groups is 1. The van der Waals surface area contributed by atoms with Crippen molar-refractivity contribution in [3.8, 4) is 11.5 Å². The van der Waals surface area contributed by atoms with Crippen molar-refractivity contribution in [3.05, 3.63) is 168 Å². The molecule has 10 nitrogen and oxygen atoms in total. The highest BCUT2D eigenvalue weighted by Gasteiger charge is 2.50. The second-order valence-corrected chi connectivity index (χ2v) is 18.8. The molecule has 0 spiro atoms. The fraction of sp³-hybridized carbons (Fsp3) is 0.466. The second kappa shape index (κ2) is 27.5. The lowest BCUT2D eigenvalue weighted by Crippen LogP contribution is -2.62. The van der Waals surface area contributed by atoms with Gasteiger partial charge in [0.05, 0.1) is 38.6 Å². The van der Waals surface area contributed by atoms with Gasteiger partial charge < -0.3 is 43.2 Å². The molecule has 3 unspecified atom stereocenters. The van der Waals surface area contributed by atoms with Gasteiger partial charge in [-0.3, -0.25) is 4.79 Å². The van der Waals surface area contributed by atoms with Crippen LogP contribution in [0.3, 0.4) is 0 Å². The van der Waals surface area contributed by atoms with Crippen molar-refractivity contribution >= 4 is 5.91 Å². The first-order valence-corrected chi connectivity index (χ1v) is 25.1. The fourth-order valence-electron chi connectivity index (χ4n) is 9.11. The summed E-state index contributed by atoms with van der Waals surface area (Å²) in [5.41, 5.74) is 4.07. The van der Waals surface area contributed by atoms with Crippen LogP contribution >= 0.6 is 0 Å². The summed E-state index contributed by atoms with van der Waals surface area (Å²) >= 11 is 0. The van der Waals surface area contributed by atoms with E-state index in [-0.39, 0.29) is 44.3 Å². The van der Waals surface area contributed by atoms with Crippen molar-refractivity contribution < 1.29 is 51.5 Å². The maximum absolute atomic E-state index is 15.2. The lowest BCUT2D eigenvalue weighted by Gasteiger charge is -2.45. The van der Waals surface area contributed by atoms with Crippen LogP contribution in [0.15, 0.2) is 140 Å². The van der Waals surface area contributed by atoms with Gasteiger partial charge in [-0.15, -0.1) is 0 Å². The van der Waals surface area contributed by atoms with Crippen LogP contribution in [0.5, 0.6) is 11.5 Å². The molecule has 0 aliphatic carbocycles. The highest BCUT2D eigenvalue weighted by molar-refractivity contribution is 5.76. The van der Waals surface area contributed by atoms with Gasteiger partial charge in [-0.25, -0.2) is 8.78 Å². The van der Waals surface area contributed by atoms with Gasteiger partial charge in [0.15, 0.2) is 12.1 Å². The van der Waals surface area contributed by atoms with Crippen LogP contribution in [-0.4, -0.2) is 73.9 Å². The molecule has 0 saturated carbocycles. The number of carbonyl (C=O) groups excluding carboxylic acids is 1. The summed E-state index contributed by atoms with van der Waals surface area (Å²) in [5.74, 6) is 0.0748. The summed E-state index contributed by atoms with van der Waals surface area (Å²) in [6.45, 7) is 5.41. The molecule has 2 aliphatic rings. The Morgan fingerprint density at radius 2 is 1.10 bits per heavy atom. The Balaban J connectivity index is 0.918. The van der Waals surface area contributed by atoms with Crippen molar-refractivity contribution in [1.82, 2.24) is 5.32 Å². The largest absolute Gasteiger partial charge is 0.457 e. The number of amides is 1. The Morgan fingerprint density at radius 3 is 1.63 bits per heavy atom. The smallest absolute Gasteiger partial charge is 0.220 e. The van der Waals surface area contributed by atoms with E-state index in [1.54, 1.807) is 12.1 Å². The molecular weight excluding hydrogens is 893 g/mol. The van der Waals surface area contributed by atoms with Crippen LogP contribution in [0, 0.1) is 5.82 Å². The Labute approximate surface area is 413 Å². The Bertz CT molecular complexity index is 2240. The number of halogens is 2. The molecule has 5 aromatic carbocycles. The van der Waals surface area contributed by atoms with Gasteiger partial charge in [-0.2, -0.15) is 0 Å². The highest BCUT2D eigenvalue weighted by atomic mass is 19.1. The molecule has 1 amide bonds. The van der Waals surface area contributed by atoms with Crippen LogP contribution in [0.2, 0.25) is 0 Å². The van der Waals surface area contributed by atoms with Gasteiger partial charge in [-0.05, 0) is 98.7 Å². The third-order valence-corrected chi connectivity index (χ3v) is 12.7. The van der Waals surface area contributed by atoms with Crippen LogP contribution in [0.4, 0.5) is 8.78 Å². The monoisotopic (exact) mass is 964 g/mol. The van der Waals surface area contributed by atoms with Crippen LogP contribution in [0.1, 0.15) is 101 Å². The first kappa shape index (κ1) is 52.8. The minimum absolute atomic E-state index is 0.0206. The predicted octanol–water partition coefficient (Wildman–Crippen LogP) is 12.2. The van der Waals surface area contributed by atoms with E-state index >= 15 is 4.39 Å². The number of benzene rings is 5. The molecule has 376 valence electrons. The molecule has 0 bridgehead atoms. The van der Waals surface area contributed by atoms with E-state index in [0.717, 1.165) is 73.8 Å². The molecule has 2 heterocycles. The van der Waals surface area contributed by atoms with E-state index < -0.39 is 55.3 Å². The summed E-state index contributed by atoms with van der Waals surface area (Å²) in [6, 6.07) is 42.8. The third-order valence-electron chi connectivity index (χ3n) is 12.7. The normalized spacial score (nSPS) is 22.4. The summed E-state index contributed by atoms with van der Waals surface area (Å²) in [7, 11) is 0. The SMILES string of the molecule is C[C@H]1OC(C)(C)O[C@H]1[C@H](CO[C@H]1OC(CF)[C@@H](OCc2ccccc2)C(OCc2ccccc2)C1OCc1ccccc1)NC(=O)CCCCCCCCCCc1ccc(Oc2ccc(F)cc2)cc1. The van der Waals surface area contributed by atoms with Gasteiger partial charge in [0.2, 0.25) is 5.91 Å². The Hall–Kier alpha value is -5.05.